The fourth-order valence-corrected chi connectivity index (χ4v) is 2.48. The van der Waals surface area contributed by atoms with Crippen LogP contribution in [0, 0.1) is 0 Å². The van der Waals surface area contributed by atoms with Gasteiger partial charge in [0, 0.05) is 23.3 Å². The number of nitrogen functional groups attached to an aromatic ring is 1. The van der Waals surface area contributed by atoms with Gasteiger partial charge < -0.3 is 15.0 Å². The maximum absolute atomic E-state index is 6.03. The number of aromatic nitrogens is 2. The van der Waals surface area contributed by atoms with Crippen LogP contribution in [0.4, 0.5) is 5.82 Å². The van der Waals surface area contributed by atoms with Gasteiger partial charge in [-0.15, -0.1) is 0 Å². The summed E-state index contributed by atoms with van der Waals surface area (Å²) in [6.45, 7) is 0.718. The molecule has 0 amide bonds. The Morgan fingerprint density at radius 1 is 1.11 bits per heavy atom. The molecule has 0 unspecified atom stereocenters. The second-order valence-corrected chi connectivity index (χ2v) is 4.52. The van der Waals surface area contributed by atoms with Crippen molar-refractivity contribution in [1.29, 1.82) is 0 Å². The molecule has 0 saturated carbocycles. The molecule has 3 aromatic rings. The maximum atomic E-state index is 6.03. The van der Waals surface area contributed by atoms with E-state index < -0.39 is 0 Å². The first-order valence-corrected chi connectivity index (χ1v) is 6.08. The summed E-state index contributed by atoms with van der Waals surface area (Å²) in [5, 5.41) is 5.79. The molecule has 0 spiro atoms. The van der Waals surface area contributed by atoms with Crippen molar-refractivity contribution < 1.29 is 9.26 Å². The summed E-state index contributed by atoms with van der Waals surface area (Å²) in [6.07, 6.45) is 2.45. The van der Waals surface area contributed by atoms with Crippen molar-refractivity contribution >= 4 is 16.6 Å². The van der Waals surface area contributed by atoms with Crippen molar-refractivity contribution in [2.45, 2.75) is 6.42 Å². The fourth-order valence-electron chi connectivity index (χ4n) is 2.48. The lowest BCUT2D eigenvalue weighted by Crippen LogP contribution is -1.96. The molecule has 0 radical (unpaired) electrons. The number of hydrogen-bond acceptors (Lipinski definition) is 5. The van der Waals surface area contributed by atoms with Gasteiger partial charge in [-0.2, -0.15) is 0 Å². The van der Waals surface area contributed by atoms with Gasteiger partial charge in [0.05, 0.1) is 12.3 Å². The lowest BCUT2D eigenvalue weighted by molar-refractivity contribution is 0.360. The van der Waals surface area contributed by atoms with Gasteiger partial charge in [0.2, 0.25) is 0 Å². The molecule has 0 fully saturated rings. The highest BCUT2D eigenvalue weighted by atomic mass is 16.5. The molecular weight excluding hydrogens is 242 g/mol. The number of ether oxygens (including phenoxy) is 1. The highest BCUT2D eigenvalue weighted by Crippen LogP contribution is 2.37. The van der Waals surface area contributed by atoms with Crippen LogP contribution >= 0.6 is 0 Å². The van der Waals surface area contributed by atoms with Crippen LogP contribution in [-0.2, 0) is 6.42 Å². The zero-order chi connectivity index (χ0) is 12.8. The standard InChI is InChI=1S/C14H11N3O2/c15-14-9-2-1-8-3-5-18-13(8)10(9)7-12(16-14)11-4-6-19-17-11/h1-2,4,6-7H,3,5H2,(H2,15,16). The summed E-state index contributed by atoms with van der Waals surface area (Å²) < 4.78 is 10.6. The molecule has 0 saturated heterocycles. The van der Waals surface area contributed by atoms with Crippen molar-refractivity contribution in [2.24, 2.45) is 0 Å². The first-order chi connectivity index (χ1) is 9.33. The summed E-state index contributed by atoms with van der Waals surface area (Å²) >= 11 is 0. The van der Waals surface area contributed by atoms with Gasteiger partial charge in [0.1, 0.15) is 23.5 Å². The van der Waals surface area contributed by atoms with E-state index in [1.807, 2.05) is 12.1 Å². The van der Waals surface area contributed by atoms with Crippen LogP contribution in [0.5, 0.6) is 5.75 Å². The lowest BCUT2D eigenvalue weighted by atomic mass is 10.0. The van der Waals surface area contributed by atoms with Gasteiger partial charge in [-0.05, 0) is 11.6 Å². The van der Waals surface area contributed by atoms with Crippen LogP contribution in [0.3, 0.4) is 0 Å². The summed E-state index contributed by atoms with van der Waals surface area (Å²) in [4.78, 5) is 4.37. The Balaban J connectivity index is 2.05. The van der Waals surface area contributed by atoms with Gasteiger partial charge in [0.25, 0.3) is 0 Å². The zero-order valence-corrected chi connectivity index (χ0v) is 10.1. The first kappa shape index (κ1) is 10.4. The van der Waals surface area contributed by atoms with Crippen LogP contribution in [0.25, 0.3) is 22.2 Å². The third-order valence-electron chi connectivity index (χ3n) is 3.39. The predicted octanol–water partition coefficient (Wildman–Crippen LogP) is 2.41. The summed E-state index contributed by atoms with van der Waals surface area (Å²) in [5.41, 5.74) is 8.61. The van der Waals surface area contributed by atoms with E-state index in [4.69, 9.17) is 15.0 Å². The molecule has 94 valence electrons. The number of fused-ring (bicyclic) bond motifs is 3. The smallest absolute Gasteiger partial charge is 0.132 e. The van der Waals surface area contributed by atoms with Crippen molar-refractivity contribution in [3.8, 4) is 17.1 Å². The lowest BCUT2D eigenvalue weighted by Gasteiger charge is -2.08. The van der Waals surface area contributed by atoms with Gasteiger partial charge in [-0.3, -0.25) is 0 Å². The minimum absolute atomic E-state index is 0.480. The van der Waals surface area contributed by atoms with E-state index >= 15 is 0 Å². The van der Waals surface area contributed by atoms with Crippen LogP contribution < -0.4 is 10.5 Å². The van der Waals surface area contributed by atoms with E-state index in [1.165, 1.54) is 11.8 Å². The van der Waals surface area contributed by atoms with Crippen LogP contribution in [0.1, 0.15) is 5.56 Å². The Bertz CT molecular complexity index is 766. The van der Waals surface area contributed by atoms with Crippen molar-refractivity contribution in [2.75, 3.05) is 12.3 Å². The molecular formula is C14H11N3O2. The average Bonchev–Trinajstić information content (AvgIpc) is 3.09. The summed E-state index contributed by atoms with van der Waals surface area (Å²) in [6, 6.07) is 7.77. The van der Waals surface area contributed by atoms with E-state index in [9.17, 15) is 0 Å². The summed E-state index contributed by atoms with van der Waals surface area (Å²) in [5.74, 6) is 1.39. The quantitative estimate of drug-likeness (QED) is 0.720. The Hall–Kier alpha value is -2.56. The Labute approximate surface area is 109 Å². The van der Waals surface area contributed by atoms with Gasteiger partial charge in [-0.25, -0.2) is 4.98 Å². The number of benzene rings is 1. The Kier molecular flexibility index (Phi) is 2.03. The van der Waals surface area contributed by atoms with Gasteiger partial charge >= 0.3 is 0 Å². The molecule has 2 N–H and O–H groups in total. The van der Waals surface area contributed by atoms with Gasteiger partial charge in [-0.1, -0.05) is 17.3 Å². The molecule has 19 heavy (non-hydrogen) atoms. The zero-order valence-electron chi connectivity index (χ0n) is 10.1. The second-order valence-electron chi connectivity index (χ2n) is 4.52. The SMILES string of the molecule is Nc1nc(-c2ccon2)cc2c3c(ccc12)CCO3. The molecule has 4 rings (SSSR count). The van der Waals surface area contributed by atoms with E-state index in [0.717, 1.165) is 29.5 Å². The minimum Gasteiger partial charge on any atom is -0.492 e. The van der Waals surface area contributed by atoms with E-state index in [2.05, 4.69) is 16.2 Å². The topological polar surface area (TPSA) is 74.2 Å². The van der Waals surface area contributed by atoms with E-state index in [-0.39, 0.29) is 0 Å². The third kappa shape index (κ3) is 1.48. The van der Waals surface area contributed by atoms with Crippen LogP contribution in [-0.4, -0.2) is 16.7 Å². The largest absolute Gasteiger partial charge is 0.492 e. The first-order valence-electron chi connectivity index (χ1n) is 6.08. The Morgan fingerprint density at radius 2 is 2.05 bits per heavy atom. The minimum atomic E-state index is 0.480. The monoisotopic (exact) mass is 253 g/mol. The molecule has 0 bridgehead atoms. The third-order valence-corrected chi connectivity index (χ3v) is 3.39. The summed E-state index contributed by atoms with van der Waals surface area (Å²) in [7, 11) is 0. The van der Waals surface area contributed by atoms with E-state index in [1.54, 1.807) is 6.07 Å². The van der Waals surface area contributed by atoms with Crippen LogP contribution in [0.15, 0.2) is 35.1 Å². The molecule has 1 aliphatic rings. The Morgan fingerprint density at radius 3 is 2.89 bits per heavy atom. The maximum Gasteiger partial charge on any atom is 0.132 e. The molecule has 1 aromatic carbocycles. The number of pyridine rings is 1. The van der Waals surface area contributed by atoms with E-state index in [0.29, 0.717) is 17.2 Å². The van der Waals surface area contributed by atoms with Gasteiger partial charge in [0.15, 0.2) is 0 Å². The molecule has 5 nitrogen and oxygen atoms in total. The van der Waals surface area contributed by atoms with Crippen molar-refractivity contribution in [3.05, 3.63) is 36.1 Å². The fraction of sp³-hybridized carbons (Fsp3) is 0.143. The molecule has 0 aliphatic carbocycles. The molecule has 1 aliphatic heterocycles. The normalized spacial score (nSPS) is 13.5. The molecule has 3 heterocycles. The number of nitrogens with zero attached hydrogens (tertiary/aromatic N) is 2. The highest BCUT2D eigenvalue weighted by Gasteiger charge is 2.18. The predicted molar refractivity (Wildman–Crippen MR) is 70.9 cm³/mol. The molecule has 0 atom stereocenters. The molecule has 2 aromatic heterocycles. The number of anilines is 1. The number of nitrogens with two attached hydrogens (primary N) is 1. The number of hydrogen-bond donors (Lipinski definition) is 1. The highest BCUT2D eigenvalue weighted by molar-refractivity contribution is 5.98. The van der Waals surface area contributed by atoms with Crippen molar-refractivity contribution in [1.82, 2.24) is 10.1 Å². The average molecular weight is 253 g/mol. The number of rotatable bonds is 1. The second kappa shape index (κ2) is 3.71. The van der Waals surface area contributed by atoms with Crippen LogP contribution in [0.2, 0.25) is 0 Å². The van der Waals surface area contributed by atoms with Crippen molar-refractivity contribution in [3.63, 3.8) is 0 Å². The molecule has 5 heteroatoms.